The molecule has 0 amide bonds. The molecule has 2 heterocycles. The third-order valence-electron chi connectivity index (χ3n) is 5.45. The smallest absolute Gasteiger partial charge is 0.165 e. The SMILES string of the molecule is CCc1cc(N2CCC(NCC(C)Cc3ccc(OC)c(F)c3)CC2)ncn1. The summed E-state index contributed by atoms with van der Waals surface area (Å²) in [6.45, 7) is 7.28. The van der Waals surface area contributed by atoms with E-state index in [9.17, 15) is 4.39 Å². The summed E-state index contributed by atoms with van der Waals surface area (Å²) in [5, 5.41) is 3.70. The minimum Gasteiger partial charge on any atom is -0.494 e. The molecule has 1 saturated heterocycles. The first-order valence-corrected chi connectivity index (χ1v) is 10.2. The first kappa shape index (κ1) is 20.5. The van der Waals surface area contributed by atoms with Crippen LogP contribution in [0.25, 0.3) is 0 Å². The molecule has 3 rings (SSSR count). The lowest BCUT2D eigenvalue weighted by atomic mass is 9.99. The van der Waals surface area contributed by atoms with Crippen LogP contribution in [0.4, 0.5) is 10.2 Å². The number of ether oxygens (including phenoxy) is 1. The van der Waals surface area contributed by atoms with Gasteiger partial charge >= 0.3 is 0 Å². The summed E-state index contributed by atoms with van der Waals surface area (Å²) in [6.07, 6.45) is 5.67. The Morgan fingerprint density at radius 1 is 1.25 bits per heavy atom. The number of hydrogen-bond acceptors (Lipinski definition) is 5. The Balaban J connectivity index is 1.43. The van der Waals surface area contributed by atoms with Crippen LogP contribution in [0.2, 0.25) is 0 Å². The Morgan fingerprint density at radius 3 is 2.71 bits per heavy atom. The van der Waals surface area contributed by atoms with Gasteiger partial charge in [0.05, 0.1) is 7.11 Å². The summed E-state index contributed by atoms with van der Waals surface area (Å²) in [7, 11) is 1.49. The van der Waals surface area contributed by atoms with Gasteiger partial charge in [-0.2, -0.15) is 0 Å². The maximum absolute atomic E-state index is 13.8. The van der Waals surface area contributed by atoms with E-state index in [0.717, 1.165) is 62.4 Å². The van der Waals surface area contributed by atoms with Gasteiger partial charge in [0, 0.05) is 30.9 Å². The highest BCUT2D eigenvalue weighted by Gasteiger charge is 2.20. The fraction of sp³-hybridized carbons (Fsp3) is 0.545. The molecule has 0 saturated carbocycles. The third kappa shape index (κ3) is 5.41. The van der Waals surface area contributed by atoms with Crippen molar-refractivity contribution in [2.45, 2.75) is 45.6 Å². The van der Waals surface area contributed by atoms with E-state index in [-0.39, 0.29) is 5.82 Å². The zero-order chi connectivity index (χ0) is 19.9. The molecule has 0 aliphatic carbocycles. The summed E-state index contributed by atoms with van der Waals surface area (Å²) < 4.78 is 18.8. The number of hydrogen-bond donors (Lipinski definition) is 1. The number of rotatable bonds is 8. The molecule has 1 aromatic heterocycles. The lowest BCUT2D eigenvalue weighted by Gasteiger charge is -2.33. The van der Waals surface area contributed by atoms with Crippen molar-refractivity contribution in [2.75, 3.05) is 31.6 Å². The van der Waals surface area contributed by atoms with Crippen molar-refractivity contribution in [1.82, 2.24) is 15.3 Å². The van der Waals surface area contributed by atoms with Crippen LogP contribution < -0.4 is 15.0 Å². The number of anilines is 1. The lowest BCUT2D eigenvalue weighted by molar-refractivity contribution is 0.379. The van der Waals surface area contributed by atoms with Crippen LogP contribution in [-0.2, 0) is 12.8 Å². The van der Waals surface area contributed by atoms with Crippen molar-refractivity contribution < 1.29 is 9.13 Å². The number of aromatic nitrogens is 2. The van der Waals surface area contributed by atoms with Crippen molar-refractivity contribution >= 4 is 5.82 Å². The van der Waals surface area contributed by atoms with E-state index >= 15 is 0 Å². The Hall–Kier alpha value is -2.21. The molecule has 152 valence electrons. The largest absolute Gasteiger partial charge is 0.494 e. The monoisotopic (exact) mass is 386 g/mol. The second kappa shape index (κ2) is 9.82. The van der Waals surface area contributed by atoms with Gasteiger partial charge in [0.2, 0.25) is 0 Å². The van der Waals surface area contributed by atoms with Gasteiger partial charge in [-0.05, 0) is 55.8 Å². The maximum Gasteiger partial charge on any atom is 0.165 e. The summed E-state index contributed by atoms with van der Waals surface area (Å²) in [5.41, 5.74) is 2.10. The van der Waals surface area contributed by atoms with Crippen molar-refractivity contribution in [2.24, 2.45) is 5.92 Å². The molecule has 1 aliphatic heterocycles. The molecule has 1 atom stereocenters. The highest BCUT2D eigenvalue weighted by atomic mass is 19.1. The second-order valence-electron chi connectivity index (χ2n) is 7.67. The predicted molar refractivity (Wildman–Crippen MR) is 110 cm³/mol. The minimum atomic E-state index is -0.288. The van der Waals surface area contributed by atoms with E-state index in [4.69, 9.17) is 4.74 Å². The molecular formula is C22H31FN4O. The topological polar surface area (TPSA) is 50.3 Å². The average Bonchev–Trinajstić information content (AvgIpc) is 2.73. The molecule has 6 heteroatoms. The molecule has 0 spiro atoms. The molecule has 5 nitrogen and oxygen atoms in total. The number of nitrogens with one attached hydrogen (secondary N) is 1. The normalized spacial score (nSPS) is 16.2. The van der Waals surface area contributed by atoms with Gasteiger partial charge in [-0.25, -0.2) is 14.4 Å². The van der Waals surface area contributed by atoms with Gasteiger partial charge in [0.15, 0.2) is 11.6 Å². The number of aryl methyl sites for hydroxylation is 1. The molecule has 1 aromatic carbocycles. The average molecular weight is 387 g/mol. The molecular weight excluding hydrogens is 355 g/mol. The summed E-state index contributed by atoms with van der Waals surface area (Å²) in [6, 6.07) is 7.86. The third-order valence-corrected chi connectivity index (χ3v) is 5.45. The lowest BCUT2D eigenvalue weighted by Crippen LogP contribution is -2.44. The van der Waals surface area contributed by atoms with Crippen molar-refractivity contribution in [3.8, 4) is 5.75 Å². The van der Waals surface area contributed by atoms with E-state index in [1.165, 1.54) is 7.11 Å². The van der Waals surface area contributed by atoms with Gasteiger partial charge in [0.1, 0.15) is 12.1 Å². The Kier molecular flexibility index (Phi) is 7.20. The second-order valence-corrected chi connectivity index (χ2v) is 7.67. The van der Waals surface area contributed by atoms with Crippen molar-refractivity contribution in [3.63, 3.8) is 0 Å². The Bertz CT molecular complexity index is 762. The zero-order valence-corrected chi connectivity index (χ0v) is 17.1. The molecule has 0 bridgehead atoms. The first-order chi connectivity index (χ1) is 13.6. The molecule has 1 unspecified atom stereocenters. The van der Waals surface area contributed by atoms with Gasteiger partial charge in [-0.3, -0.25) is 0 Å². The van der Waals surface area contributed by atoms with E-state index < -0.39 is 0 Å². The van der Waals surface area contributed by atoms with Gasteiger partial charge in [0.25, 0.3) is 0 Å². The molecule has 1 fully saturated rings. The molecule has 28 heavy (non-hydrogen) atoms. The summed E-state index contributed by atoms with van der Waals surface area (Å²) in [4.78, 5) is 11.1. The predicted octanol–water partition coefficient (Wildman–Crippen LogP) is 3.62. The minimum absolute atomic E-state index is 0.288. The van der Waals surface area contributed by atoms with Crippen molar-refractivity contribution in [1.29, 1.82) is 0 Å². The molecule has 1 aliphatic rings. The number of halogens is 1. The highest BCUT2D eigenvalue weighted by Crippen LogP contribution is 2.21. The quantitative estimate of drug-likeness (QED) is 0.751. The first-order valence-electron chi connectivity index (χ1n) is 10.2. The van der Waals surface area contributed by atoms with E-state index in [1.807, 2.05) is 6.07 Å². The van der Waals surface area contributed by atoms with Crippen LogP contribution in [0.1, 0.15) is 37.9 Å². The van der Waals surface area contributed by atoms with Crippen LogP contribution in [0.15, 0.2) is 30.6 Å². The van der Waals surface area contributed by atoms with Crippen LogP contribution in [0.3, 0.4) is 0 Å². The fourth-order valence-electron chi connectivity index (χ4n) is 3.74. The number of methoxy groups -OCH3 is 1. The van der Waals surface area contributed by atoms with Crippen LogP contribution in [0.5, 0.6) is 5.75 Å². The number of benzene rings is 1. The van der Waals surface area contributed by atoms with Crippen LogP contribution >= 0.6 is 0 Å². The highest BCUT2D eigenvalue weighted by molar-refractivity contribution is 5.39. The molecule has 1 N–H and O–H groups in total. The van der Waals surface area contributed by atoms with E-state index in [1.54, 1.807) is 18.5 Å². The molecule has 0 radical (unpaired) electrons. The maximum atomic E-state index is 13.8. The number of piperidine rings is 1. The Labute approximate surface area is 167 Å². The summed E-state index contributed by atoms with van der Waals surface area (Å²) >= 11 is 0. The fourth-order valence-corrected chi connectivity index (χ4v) is 3.74. The van der Waals surface area contributed by atoms with Gasteiger partial charge < -0.3 is 15.0 Å². The van der Waals surface area contributed by atoms with Crippen LogP contribution in [0, 0.1) is 11.7 Å². The Morgan fingerprint density at radius 2 is 2.04 bits per heavy atom. The standard InChI is InChI=1S/C22H31FN4O/c1-4-18-13-22(26-15-25-18)27-9-7-19(8-10-27)24-14-16(2)11-17-5-6-21(28-3)20(23)12-17/h5-6,12-13,15-16,19,24H,4,7-11,14H2,1-3H3. The summed E-state index contributed by atoms with van der Waals surface area (Å²) in [5.74, 6) is 1.50. The number of nitrogens with zero attached hydrogens (tertiary/aromatic N) is 3. The molecule has 2 aromatic rings. The van der Waals surface area contributed by atoms with Gasteiger partial charge in [-0.1, -0.05) is 19.9 Å². The van der Waals surface area contributed by atoms with Crippen LogP contribution in [-0.4, -0.2) is 42.8 Å². The van der Waals surface area contributed by atoms with E-state index in [2.05, 4.69) is 40.1 Å². The van der Waals surface area contributed by atoms with E-state index in [0.29, 0.717) is 17.7 Å². The van der Waals surface area contributed by atoms with Crippen molar-refractivity contribution in [3.05, 3.63) is 47.7 Å². The zero-order valence-electron chi connectivity index (χ0n) is 17.1. The van der Waals surface area contributed by atoms with Gasteiger partial charge in [-0.15, -0.1) is 0 Å².